The summed E-state index contributed by atoms with van der Waals surface area (Å²) in [6.45, 7) is 3.26. The largest absolute Gasteiger partial charge is 0.497 e. The van der Waals surface area contributed by atoms with Gasteiger partial charge in [0.25, 0.3) is 0 Å². The second kappa shape index (κ2) is 11.2. The molecule has 0 spiro atoms. The summed E-state index contributed by atoms with van der Waals surface area (Å²) in [4.78, 5) is 12.5. The number of halogens is 1. The van der Waals surface area contributed by atoms with Gasteiger partial charge in [-0.2, -0.15) is 5.10 Å². The van der Waals surface area contributed by atoms with Gasteiger partial charge in [-0.3, -0.25) is 4.79 Å². The van der Waals surface area contributed by atoms with Gasteiger partial charge < -0.3 is 19.5 Å². The number of nitrogens with one attached hydrogen (secondary N) is 1. The van der Waals surface area contributed by atoms with Gasteiger partial charge in [0.2, 0.25) is 11.8 Å². The standard InChI is InChI=1S/C26H30FN3O4/c1-3-23-21(14-15-25(31)28-17-20-7-6-16-33-20)26(34-24-9-5-4-8-22(24)27)30(29-23)18-10-12-19(32-2)13-11-18/h4-5,8-13,20H,3,6-7,14-17H2,1-2H3,(H,28,31)/t20-/m1/s1. The van der Waals surface area contributed by atoms with Crippen molar-refractivity contribution in [2.45, 2.75) is 45.1 Å². The molecule has 3 aromatic rings. The molecule has 4 rings (SSSR count). The van der Waals surface area contributed by atoms with Crippen molar-refractivity contribution in [3.05, 3.63) is 65.6 Å². The van der Waals surface area contributed by atoms with Crippen LogP contribution in [0.4, 0.5) is 4.39 Å². The SMILES string of the molecule is CCc1nn(-c2ccc(OC)cc2)c(Oc2ccccc2F)c1CCC(=O)NC[C@H]1CCCO1. The van der Waals surface area contributed by atoms with Gasteiger partial charge in [0.1, 0.15) is 5.75 Å². The lowest BCUT2D eigenvalue weighted by atomic mass is 10.1. The van der Waals surface area contributed by atoms with Crippen molar-refractivity contribution >= 4 is 5.91 Å². The molecule has 2 heterocycles. The van der Waals surface area contributed by atoms with Crippen LogP contribution in [0, 0.1) is 5.82 Å². The molecule has 1 aliphatic rings. The van der Waals surface area contributed by atoms with Crippen LogP contribution in [0.15, 0.2) is 48.5 Å². The van der Waals surface area contributed by atoms with Gasteiger partial charge in [-0.15, -0.1) is 0 Å². The third-order valence-electron chi connectivity index (χ3n) is 5.87. The third kappa shape index (κ3) is 5.56. The lowest BCUT2D eigenvalue weighted by molar-refractivity contribution is -0.121. The van der Waals surface area contributed by atoms with Crippen LogP contribution >= 0.6 is 0 Å². The Hall–Kier alpha value is -3.39. The first-order chi connectivity index (χ1) is 16.6. The molecule has 7 nitrogen and oxygen atoms in total. The van der Waals surface area contributed by atoms with Crippen LogP contribution in [0.3, 0.4) is 0 Å². The van der Waals surface area contributed by atoms with E-state index in [9.17, 15) is 9.18 Å². The predicted molar refractivity (Wildman–Crippen MR) is 126 cm³/mol. The topological polar surface area (TPSA) is 74.6 Å². The number of ether oxygens (including phenoxy) is 3. The fraction of sp³-hybridized carbons (Fsp3) is 0.385. The lowest BCUT2D eigenvalue weighted by Crippen LogP contribution is -2.31. The first-order valence-corrected chi connectivity index (χ1v) is 11.6. The molecule has 34 heavy (non-hydrogen) atoms. The Kier molecular flexibility index (Phi) is 7.80. The number of nitrogens with zero attached hydrogens (tertiary/aromatic N) is 2. The van der Waals surface area contributed by atoms with Crippen LogP contribution < -0.4 is 14.8 Å². The highest BCUT2D eigenvalue weighted by Crippen LogP contribution is 2.33. The number of methoxy groups -OCH3 is 1. The Morgan fingerprint density at radius 2 is 2.03 bits per heavy atom. The molecule has 0 saturated carbocycles. The molecule has 1 aliphatic heterocycles. The zero-order valence-electron chi connectivity index (χ0n) is 19.6. The maximum atomic E-state index is 14.4. The number of para-hydroxylation sites is 1. The number of hydrogen-bond acceptors (Lipinski definition) is 5. The number of carbonyl (C=O) groups excluding carboxylic acids is 1. The van der Waals surface area contributed by atoms with E-state index in [0.29, 0.717) is 31.0 Å². The van der Waals surface area contributed by atoms with Crippen LogP contribution in [0.1, 0.15) is 37.4 Å². The van der Waals surface area contributed by atoms with Gasteiger partial charge in [-0.25, -0.2) is 9.07 Å². The van der Waals surface area contributed by atoms with Crippen LogP contribution in [-0.4, -0.2) is 42.1 Å². The Morgan fingerprint density at radius 3 is 2.71 bits per heavy atom. The first-order valence-electron chi connectivity index (χ1n) is 11.6. The Morgan fingerprint density at radius 1 is 1.24 bits per heavy atom. The van der Waals surface area contributed by atoms with Crippen molar-refractivity contribution in [1.82, 2.24) is 15.1 Å². The van der Waals surface area contributed by atoms with E-state index in [1.165, 1.54) is 6.07 Å². The van der Waals surface area contributed by atoms with E-state index in [2.05, 4.69) is 5.32 Å². The van der Waals surface area contributed by atoms with Crippen molar-refractivity contribution in [3.63, 3.8) is 0 Å². The summed E-state index contributed by atoms with van der Waals surface area (Å²) in [6, 6.07) is 13.6. The maximum absolute atomic E-state index is 14.4. The summed E-state index contributed by atoms with van der Waals surface area (Å²) >= 11 is 0. The van der Waals surface area contributed by atoms with E-state index < -0.39 is 5.82 Å². The fourth-order valence-corrected chi connectivity index (χ4v) is 4.01. The zero-order chi connectivity index (χ0) is 23.9. The number of hydrogen-bond donors (Lipinski definition) is 1. The molecule has 1 N–H and O–H groups in total. The summed E-state index contributed by atoms with van der Waals surface area (Å²) < 4.78 is 33.0. The quantitative estimate of drug-likeness (QED) is 0.472. The smallest absolute Gasteiger partial charge is 0.226 e. The van der Waals surface area contributed by atoms with Crippen molar-refractivity contribution in [2.24, 2.45) is 0 Å². The van der Waals surface area contributed by atoms with E-state index in [1.54, 1.807) is 30.0 Å². The maximum Gasteiger partial charge on any atom is 0.226 e. The van der Waals surface area contributed by atoms with Crippen molar-refractivity contribution in [2.75, 3.05) is 20.3 Å². The number of carbonyl (C=O) groups is 1. The van der Waals surface area contributed by atoms with Crippen molar-refractivity contribution in [3.8, 4) is 23.1 Å². The highest BCUT2D eigenvalue weighted by Gasteiger charge is 2.23. The molecular weight excluding hydrogens is 437 g/mol. The number of amides is 1. The van der Waals surface area contributed by atoms with E-state index in [-0.39, 0.29) is 24.2 Å². The normalized spacial score (nSPS) is 15.3. The first kappa shape index (κ1) is 23.8. The number of rotatable bonds is 10. The summed E-state index contributed by atoms with van der Waals surface area (Å²) in [5.74, 6) is 0.684. The minimum atomic E-state index is -0.469. The molecule has 0 radical (unpaired) electrons. The van der Waals surface area contributed by atoms with Crippen LogP contribution in [0.25, 0.3) is 5.69 Å². The molecule has 0 aliphatic carbocycles. The third-order valence-corrected chi connectivity index (χ3v) is 5.87. The minimum absolute atomic E-state index is 0.0633. The van der Waals surface area contributed by atoms with Crippen molar-refractivity contribution < 1.29 is 23.4 Å². The number of aryl methyl sites for hydroxylation is 1. The van der Waals surface area contributed by atoms with Gasteiger partial charge in [-0.1, -0.05) is 19.1 Å². The van der Waals surface area contributed by atoms with Gasteiger partial charge in [0.15, 0.2) is 11.6 Å². The lowest BCUT2D eigenvalue weighted by Gasteiger charge is -2.13. The van der Waals surface area contributed by atoms with Gasteiger partial charge in [0.05, 0.1) is 24.6 Å². The zero-order valence-corrected chi connectivity index (χ0v) is 19.6. The molecule has 2 aromatic carbocycles. The van der Waals surface area contributed by atoms with Crippen LogP contribution in [0.5, 0.6) is 17.4 Å². The van der Waals surface area contributed by atoms with Gasteiger partial charge >= 0.3 is 0 Å². The molecule has 0 bridgehead atoms. The second-order valence-electron chi connectivity index (χ2n) is 8.17. The highest BCUT2D eigenvalue weighted by molar-refractivity contribution is 5.76. The number of benzene rings is 2. The summed E-state index contributed by atoms with van der Waals surface area (Å²) in [5, 5.41) is 7.70. The molecule has 180 valence electrons. The molecule has 0 unspecified atom stereocenters. The summed E-state index contributed by atoms with van der Waals surface area (Å²) in [5.41, 5.74) is 2.33. The molecule has 8 heteroatoms. The Balaban J connectivity index is 1.61. The van der Waals surface area contributed by atoms with Gasteiger partial charge in [0, 0.05) is 25.1 Å². The average Bonchev–Trinajstić information content (AvgIpc) is 3.51. The molecule has 1 amide bonds. The molecule has 1 atom stereocenters. The second-order valence-corrected chi connectivity index (χ2v) is 8.17. The summed E-state index contributed by atoms with van der Waals surface area (Å²) in [7, 11) is 1.60. The van der Waals surface area contributed by atoms with Gasteiger partial charge in [-0.05, 0) is 62.1 Å². The van der Waals surface area contributed by atoms with Crippen molar-refractivity contribution in [1.29, 1.82) is 0 Å². The summed E-state index contributed by atoms with van der Waals surface area (Å²) in [6.07, 6.45) is 3.41. The minimum Gasteiger partial charge on any atom is -0.497 e. The monoisotopic (exact) mass is 467 g/mol. The highest BCUT2D eigenvalue weighted by atomic mass is 19.1. The molecular formula is C26H30FN3O4. The molecule has 1 fully saturated rings. The van der Waals surface area contributed by atoms with E-state index >= 15 is 0 Å². The van der Waals surface area contributed by atoms with E-state index in [4.69, 9.17) is 19.3 Å². The van der Waals surface area contributed by atoms with E-state index in [0.717, 1.165) is 36.4 Å². The van der Waals surface area contributed by atoms with E-state index in [1.807, 2.05) is 31.2 Å². The fourth-order valence-electron chi connectivity index (χ4n) is 4.01. The van der Waals surface area contributed by atoms with Crippen LogP contribution in [0.2, 0.25) is 0 Å². The Labute approximate surface area is 198 Å². The number of aromatic nitrogens is 2. The Bertz CT molecular complexity index is 1110. The molecule has 1 saturated heterocycles. The predicted octanol–water partition coefficient (Wildman–Crippen LogP) is 4.60. The van der Waals surface area contributed by atoms with Crippen LogP contribution in [-0.2, 0) is 22.4 Å². The molecule has 1 aromatic heterocycles. The average molecular weight is 468 g/mol.